The van der Waals surface area contributed by atoms with E-state index >= 15 is 0 Å². The number of nitrogens with one attached hydrogen (secondary N) is 2. The van der Waals surface area contributed by atoms with Crippen LogP contribution in [0.25, 0.3) is 10.9 Å². The van der Waals surface area contributed by atoms with Crippen LogP contribution in [0.1, 0.15) is 31.2 Å². The van der Waals surface area contributed by atoms with Gasteiger partial charge in [0.1, 0.15) is 0 Å². The largest absolute Gasteiger partial charge is 0.361 e. The van der Waals surface area contributed by atoms with Gasteiger partial charge < -0.3 is 10.3 Å². The fourth-order valence-corrected chi connectivity index (χ4v) is 3.94. The maximum atomic E-state index is 3.80. The van der Waals surface area contributed by atoms with E-state index in [0.717, 1.165) is 12.6 Å². The lowest BCUT2D eigenvalue weighted by molar-refractivity contribution is 0.180. The lowest BCUT2D eigenvalue weighted by Crippen LogP contribution is -2.44. The van der Waals surface area contributed by atoms with Crippen molar-refractivity contribution in [2.45, 2.75) is 44.3 Å². The predicted molar refractivity (Wildman–Crippen MR) is 82.8 cm³/mol. The lowest BCUT2D eigenvalue weighted by Gasteiger charge is -2.32. The van der Waals surface area contributed by atoms with E-state index in [1.807, 2.05) is 6.20 Å². The molecule has 2 saturated heterocycles. The molecule has 4 rings (SSSR count). The zero-order chi connectivity index (χ0) is 13.4. The van der Waals surface area contributed by atoms with Gasteiger partial charge in [-0.3, -0.25) is 4.90 Å². The Labute approximate surface area is 120 Å². The number of fused-ring (bicyclic) bond motifs is 2. The Hall–Kier alpha value is -1.32. The van der Waals surface area contributed by atoms with Gasteiger partial charge in [-0.05, 0) is 48.9 Å². The number of hydrogen-bond donors (Lipinski definition) is 2. The molecule has 0 amide bonds. The second kappa shape index (κ2) is 5.23. The molecule has 20 heavy (non-hydrogen) atoms. The Balaban J connectivity index is 1.42. The van der Waals surface area contributed by atoms with Crippen LogP contribution in [0.15, 0.2) is 30.5 Å². The highest BCUT2D eigenvalue weighted by molar-refractivity contribution is 5.79. The average Bonchev–Trinajstić information content (AvgIpc) is 3.11. The van der Waals surface area contributed by atoms with Crippen LogP contribution in [0.4, 0.5) is 0 Å². The van der Waals surface area contributed by atoms with E-state index in [4.69, 9.17) is 0 Å². The third-order valence-electron chi connectivity index (χ3n) is 5.04. The first kappa shape index (κ1) is 12.4. The molecule has 2 atom stereocenters. The Kier molecular flexibility index (Phi) is 3.25. The zero-order valence-electron chi connectivity index (χ0n) is 11.9. The Morgan fingerprint density at radius 1 is 1.15 bits per heavy atom. The molecule has 3 nitrogen and oxygen atoms in total. The number of rotatable bonds is 3. The molecule has 0 spiro atoms. The van der Waals surface area contributed by atoms with E-state index in [9.17, 15) is 0 Å². The fourth-order valence-electron chi connectivity index (χ4n) is 3.94. The molecule has 2 fully saturated rings. The van der Waals surface area contributed by atoms with Crippen molar-refractivity contribution in [2.24, 2.45) is 0 Å². The van der Waals surface area contributed by atoms with Crippen LogP contribution in [0.3, 0.4) is 0 Å². The number of hydrogen-bond acceptors (Lipinski definition) is 2. The van der Waals surface area contributed by atoms with E-state index < -0.39 is 0 Å². The molecule has 2 aromatic rings. The summed E-state index contributed by atoms with van der Waals surface area (Å²) in [6.45, 7) is 3.60. The Bertz CT molecular complexity index is 589. The normalized spacial score (nSPS) is 27.0. The SMILES string of the molecule is c1cc2ccc(CNC3CCN4CCCCC34)cc2[nH]1. The van der Waals surface area contributed by atoms with Gasteiger partial charge in [0.2, 0.25) is 0 Å². The first-order valence-corrected chi connectivity index (χ1v) is 7.93. The van der Waals surface area contributed by atoms with Gasteiger partial charge in [-0.25, -0.2) is 0 Å². The fraction of sp³-hybridized carbons (Fsp3) is 0.529. The van der Waals surface area contributed by atoms with Crippen LogP contribution in [-0.2, 0) is 6.54 Å². The van der Waals surface area contributed by atoms with Gasteiger partial charge in [0, 0.05) is 36.9 Å². The predicted octanol–water partition coefficient (Wildman–Crippen LogP) is 2.88. The van der Waals surface area contributed by atoms with Gasteiger partial charge >= 0.3 is 0 Å². The number of H-pyrrole nitrogens is 1. The molecule has 2 N–H and O–H groups in total. The standard InChI is InChI=1S/C17H23N3/c1-2-9-20-10-7-15(17(20)3-1)19-12-13-4-5-14-6-8-18-16(14)11-13/h4-6,8,11,15,17-19H,1-3,7,9-10,12H2. The second-order valence-electron chi connectivity index (χ2n) is 6.27. The third-order valence-corrected chi connectivity index (χ3v) is 5.04. The van der Waals surface area contributed by atoms with Gasteiger partial charge in [0.25, 0.3) is 0 Å². The summed E-state index contributed by atoms with van der Waals surface area (Å²) in [5, 5.41) is 5.10. The first-order chi connectivity index (χ1) is 9.90. The van der Waals surface area contributed by atoms with Gasteiger partial charge in [-0.15, -0.1) is 0 Å². The molecule has 0 aliphatic carbocycles. The summed E-state index contributed by atoms with van der Waals surface area (Å²) in [5.74, 6) is 0. The van der Waals surface area contributed by atoms with Crippen molar-refractivity contribution in [3.05, 3.63) is 36.0 Å². The molecule has 2 aliphatic rings. The molecule has 3 heterocycles. The Morgan fingerprint density at radius 2 is 2.15 bits per heavy atom. The van der Waals surface area contributed by atoms with Crippen molar-refractivity contribution in [1.82, 2.24) is 15.2 Å². The van der Waals surface area contributed by atoms with Crippen molar-refractivity contribution < 1.29 is 0 Å². The second-order valence-corrected chi connectivity index (χ2v) is 6.27. The Morgan fingerprint density at radius 3 is 3.15 bits per heavy atom. The average molecular weight is 269 g/mol. The van der Waals surface area contributed by atoms with Gasteiger partial charge in [-0.2, -0.15) is 0 Å². The minimum atomic E-state index is 0.689. The minimum absolute atomic E-state index is 0.689. The van der Waals surface area contributed by atoms with Crippen LogP contribution in [-0.4, -0.2) is 35.1 Å². The van der Waals surface area contributed by atoms with Gasteiger partial charge in [0.05, 0.1) is 0 Å². The molecular formula is C17H23N3. The van der Waals surface area contributed by atoms with Crippen LogP contribution in [0.5, 0.6) is 0 Å². The van der Waals surface area contributed by atoms with Crippen molar-refractivity contribution in [3.8, 4) is 0 Å². The van der Waals surface area contributed by atoms with Gasteiger partial charge in [0.15, 0.2) is 0 Å². The molecule has 2 unspecified atom stereocenters. The summed E-state index contributed by atoms with van der Waals surface area (Å²) in [5.41, 5.74) is 2.63. The number of aromatic nitrogens is 1. The molecular weight excluding hydrogens is 246 g/mol. The number of piperidine rings is 1. The monoisotopic (exact) mass is 269 g/mol. The van der Waals surface area contributed by atoms with Crippen molar-refractivity contribution in [1.29, 1.82) is 0 Å². The maximum Gasteiger partial charge on any atom is 0.0457 e. The van der Waals surface area contributed by atoms with Crippen molar-refractivity contribution in [3.63, 3.8) is 0 Å². The molecule has 1 aromatic carbocycles. The van der Waals surface area contributed by atoms with E-state index in [-0.39, 0.29) is 0 Å². The molecule has 2 aliphatic heterocycles. The zero-order valence-corrected chi connectivity index (χ0v) is 11.9. The maximum absolute atomic E-state index is 3.80. The highest BCUT2D eigenvalue weighted by atomic mass is 15.2. The molecule has 0 radical (unpaired) electrons. The summed E-state index contributed by atoms with van der Waals surface area (Å²) in [7, 11) is 0. The first-order valence-electron chi connectivity index (χ1n) is 7.93. The van der Waals surface area contributed by atoms with Gasteiger partial charge in [-0.1, -0.05) is 18.6 Å². The van der Waals surface area contributed by atoms with E-state index in [0.29, 0.717) is 6.04 Å². The highest BCUT2D eigenvalue weighted by Crippen LogP contribution is 2.27. The lowest BCUT2D eigenvalue weighted by atomic mass is 9.99. The topological polar surface area (TPSA) is 31.1 Å². The summed E-state index contributed by atoms with van der Waals surface area (Å²) in [6.07, 6.45) is 7.52. The minimum Gasteiger partial charge on any atom is -0.361 e. The number of benzene rings is 1. The molecule has 0 bridgehead atoms. The van der Waals surface area contributed by atoms with E-state index in [2.05, 4.69) is 39.5 Å². The molecule has 1 aromatic heterocycles. The molecule has 106 valence electrons. The van der Waals surface area contributed by atoms with Crippen LogP contribution in [0.2, 0.25) is 0 Å². The molecule has 3 heteroatoms. The number of nitrogens with zero attached hydrogens (tertiary/aromatic N) is 1. The summed E-state index contributed by atoms with van der Waals surface area (Å²) in [4.78, 5) is 5.99. The van der Waals surface area contributed by atoms with Crippen LogP contribution < -0.4 is 5.32 Å². The van der Waals surface area contributed by atoms with Crippen LogP contribution >= 0.6 is 0 Å². The van der Waals surface area contributed by atoms with Crippen molar-refractivity contribution >= 4 is 10.9 Å². The highest BCUT2D eigenvalue weighted by Gasteiger charge is 2.34. The number of aromatic amines is 1. The summed E-state index contributed by atoms with van der Waals surface area (Å²) >= 11 is 0. The quantitative estimate of drug-likeness (QED) is 0.897. The third kappa shape index (κ3) is 2.25. The van der Waals surface area contributed by atoms with Crippen LogP contribution in [0, 0.1) is 0 Å². The van der Waals surface area contributed by atoms with E-state index in [1.54, 1.807) is 0 Å². The van der Waals surface area contributed by atoms with Crippen molar-refractivity contribution in [2.75, 3.05) is 13.1 Å². The summed E-state index contributed by atoms with van der Waals surface area (Å²) < 4.78 is 0. The molecule has 0 saturated carbocycles. The summed E-state index contributed by atoms with van der Waals surface area (Å²) in [6, 6.07) is 10.3. The van der Waals surface area contributed by atoms with E-state index in [1.165, 1.54) is 55.2 Å². The smallest absolute Gasteiger partial charge is 0.0457 e.